The highest BCUT2D eigenvalue weighted by Gasteiger charge is 2.03. The molecule has 13 heavy (non-hydrogen) atoms. The van der Waals surface area contributed by atoms with Crippen LogP contribution in [-0.2, 0) is 6.42 Å². The minimum Gasteiger partial charge on any atom is -0.363 e. The Morgan fingerprint density at radius 1 is 1.46 bits per heavy atom. The first-order valence-electron chi connectivity index (χ1n) is 4.43. The van der Waals surface area contributed by atoms with Crippen LogP contribution in [0.2, 0.25) is 0 Å². The lowest BCUT2D eigenvalue weighted by Crippen LogP contribution is -2.13. The van der Waals surface area contributed by atoms with Crippen molar-refractivity contribution >= 4 is 21.7 Å². The van der Waals surface area contributed by atoms with Gasteiger partial charge in [0, 0.05) is 25.6 Å². The fraction of sp³-hybridized carbons (Fsp3) is 0.500. The standard InChI is InChI=1S/C10H15BrN2/c1-13(2)10-9(5-3-7-11)6-4-8-12-10/h4,6,8H,3,5,7H2,1-2H3. The monoisotopic (exact) mass is 242 g/mol. The van der Waals surface area contributed by atoms with Gasteiger partial charge in [-0.25, -0.2) is 4.98 Å². The van der Waals surface area contributed by atoms with E-state index in [4.69, 9.17) is 0 Å². The third-order valence-corrected chi connectivity index (χ3v) is 2.43. The van der Waals surface area contributed by atoms with Crippen LogP contribution in [0.15, 0.2) is 18.3 Å². The van der Waals surface area contributed by atoms with Crippen molar-refractivity contribution in [2.24, 2.45) is 0 Å². The van der Waals surface area contributed by atoms with Gasteiger partial charge in [0.05, 0.1) is 0 Å². The van der Waals surface area contributed by atoms with Gasteiger partial charge in [-0.3, -0.25) is 0 Å². The molecule has 0 aliphatic rings. The second-order valence-corrected chi connectivity index (χ2v) is 3.97. The number of rotatable bonds is 4. The number of pyridine rings is 1. The van der Waals surface area contributed by atoms with Crippen molar-refractivity contribution in [3.63, 3.8) is 0 Å². The van der Waals surface area contributed by atoms with Crippen LogP contribution in [0.5, 0.6) is 0 Å². The highest BCUT2D eigenvalue weighted by atomic mass is 79.9. The van der Waals surface area contributed by atoms with Crippen LogP contribution in [0, 0.1) is 0 Å². The fourth-order valence-electron chi connectivity index (χ4n) is 1.29. The predicted octanol–water partition coefficient (Wildman–Crippen LogP) is 2.48. The van der Waals surface area contributed by atoms with Gasteiger partial charge < -0.3 is 4.90 Å². The Bertz CT molecular complexity index is 261. The summed E-state index contributed by atoms with van der Waals surface area (Å²) < 4.78 is 0. The second-order valence-electron chi connectivity index (χ2n) is 3.17. The molecule has 0 spiro atoms. The summed E-state index contributed by atoms with van der Waals surface area (Å²) in [5.41, 5.74) is 1.33. The first kappa shape index (κ1) is 10.5. The Hall–Kier alpha value is -0.570. The van der Waals surface area contributed by atoms with Crippen LogP contribution >= 0.6 is 15.9 Å². The van der Waals surface area contributed by atoms with E-state index >= 15 is 0 Å². The molecular weight excluding hydrogens is 228 g/mol. The summed E-state index contributed by atoms with van der Waals surface area (Å²) in [6, 6.07) is 4.14. The molecular formula is C10H15BrN2. The molecule has 0 amide bonds. The van der Waals surface area contributed by atoms with Crippen LogP contribution in [0.25, 0.3) is 0 Å². The zero-order chi connectivity index (χ0) is 9.68. The van der Waals surface area contributed by atoms with Gasteiger partial charge in [0.25, 0.3) is 0 Å². The summed E-state index contributed by atoms with van der Waals surface area (Å²) in [6.07, 6.45) is 4.09. The summed E-state index contributed by atoms with van der Waals surface area (Å²) in [5, 5.41) is 1.05. The fourth-order valence-corrected chi connectivity index (χ4v) is 1.57. The van der Waals surface area contributed by atoms with E-state index in [2.05, 4.69) is 31.9 Å². The topological polar surface area (TPSA) is 16.1 Å². The Kier molecular flexibility index (Phi) is 4.22. The third kappa shape index (κ3) is 2.99. The van der Waals surface area contributed by atoms with E-state index in [0.29, 0.717) is 0 Å². The van der Waals surface area contributed by atoms with Gasteiger partial charge in [-0.2, -0.15) is 0 Å². The number of hydrogen-bond acceptors (Lipinski definition) is 2. The zero-order valence-electron chi connectivity index (χ0n) is 8.13. The molecule has 3 heteroatoms. The molecule has 0 aliphatic heterocycles. The molecule has 1 aromatic rings. The summed E-state index contributed by atoms with van der Waals surface area (Å²) in [4.78, 5) is 6.40. The first-order chi connectivity index (χ1) is 6.25. The van der Waals surface area contributed by atoms with Crippen molar-refractivity contribution in [3.05, 3.63) is 23.9 Å². The first-order valence-corrected chi connectivity index (χ1v) is 5.55. The van der Waals surface area contributed by atoms with Gasteiger partial charge in [0.15, 0.2) is 0 Å². The van der Waals surface area contributed by atoms with E-state index in [1.165, 1.54) is 5.56 Å². The molecule has 0 N–H and O–H groups in total. The minimum absolute atomic E-state index is 1.05. The van der Waals surface area contributed by atoms with Crippen molar-refractivity contribution < 1.29 is 0 Å². The van der Waals surface area contributed by atoms with Crippen molar-refractivity contribution in [1.29, 1.82) is 0 Å². The molecule has 1 aromatic heterocycles. The van der Waals surface area contributed by atoms with Crippen molar-refractivity contribution in [3.8, 4) is 0 Å². The van der Waals surface area contributed by atoms with E-state index in [-0.39, 0.29) is 0 Å². The average Bonchev–Trinajstić information content (AvgIpc) is 2.15. The molecule has 0 saturated heterocycles. The summed E-state index contributed by atoms with van der Waals surface area (Å²) in [7, 11) is 4.06. The highest BCUT2D eigenvalue weighted by molar-refractivity contribution is 9.09. The van der Waals surface area contributed by atoms with Gasteiger partial charge in [0.1, 0.15) is 5.82 Å². The van der Waals surface area contributed by atoms with Crippen molar-refractivity contribution in [2.45, 2.75) is 12.8 Å². The number of aryl methyl sites for hydroxylation is 1. The molecule has 0 saturated carbocycles. The normalized spacial score (nSPS) is 10.1. The Morgan fingerprint density at radius 2 is 2.23 bits per heavy atom. The van der Waals surface area contributed by atoms with E-state index in [0.717, 1.165) is 24.0 Å². The molecule has 0 radical (unpaired) electrons. The van der Waals surface area contributed by atoms with E-state index in [9.17, 15) is 0 Å². The summed E-state index contributed by atoms with van der Waals surface area (Å²) >= 11 is 3.43. The molecule has 2 nitrogen and oxygen atoms in total. The maximum Gasteiger partial charge on any atom is 0.131 e. The molecule has 0 fully saturated rings. The van der Waals surface area contributed by atoms with Crippen molar-refractivity contribution in [2.75, 3.05) is 24.3 Å². The number of aromatic nitrogens is 1. The highest BCUT2D eigenvalue weighted by Crippen LogP contribution is 2.16. The Morgan fingerprint density at radius 3 is 2.85 bits per heavy atom. The van der Waals surface area contributed by atoms with Gasteiger partial charge in [-0.15, -0.1) is 0 Å². The minimum atomic E-state index is 1.05. The van der Waals surface area contributed by atoms with Crippen LogP contribution in [0.3, 0.4) is 0 Å². The SMILES string of the molecule is CN(C)c1ncccc1CCCBr. The maximum absolute atomic E-state index is 4.34. The van der Waals surface area contributed by atoms with Gasteiger partial charge in [-0.1, -0.05) is 22.0 Å². The van der Waals surface area contributed by atoms with Crippen LogP contribution < -0.4 is 4.90 Å². The smallest absolute Gasteiger partial charge is 0.131 e. The average molecular weight is 243 g/mol. The summed E-state index contributed by atoms with van der Waals surface area (Å²) in [6.45, 7) is 0. The molecule has 0 bridgehead atoms. The molecule has 0 atom stereocenters. The van der Waals surface area contributed by atoms with Crippen LogP contribution in [-0.4, -0.2) is 24.4 Å². The van der Waals surface area contributed by atoms with E-state index in [1.54, 1.807) is 0 Å². The number of alkyl halides is 1. The van der Waals surface area contributed by atoms with Crippen molar-refractivity contribution in [1.82, 2.24) is 4.98 Å². The largest absolute Gasteiger partial charge is 0.363 e. The third-order valence-electron chi connectivity index (χ3n) is 1.87. The number of anilines is 1. The summed E-state index contributed by atoms with van der Waals surface area (Å²) in [5.74, 6) is 1.09. The predicted molar refractivity (Wildman–Crippen MR) is 60.7 cm³/mol. The molecule has 1 heterocycles. The lowest BCUT2D eigenvalue weighted by molar-refractivity contribution is 0.912. The van der Waals surface area contributed by atoms with Gasteiger partial charge in [0.2, 0.25) is 0 Å². The number of halogens is 1. The van der Waals surface area contributed by atoms with E-state index < -0.39 is 0 Å². The molecule has 1 rings (SSSR count). The lowest BCUT2D eigenvalue weighted by Gasteiger charge is -2.15. The lowest BCUT2D eigenvalue weighted by atomic mass is 10.1. The Balaban J connectivity index is 2.78. The Labute approximate surface area is 88.1 Å². The van der Waals surface area contributed by atoms with E-state index in [1.807, 2.05) is 26.4 Å². The molecule has 72 valence electrons. The van der Waals surface area contributed by atoms with Crippen LogP contribution in [0.1, 0.15) is 12.0 Å². The second kappa shape index (κ2) is 5.22. The maximum atomic E-state index is 4.34. The van der Waals surface area contributed by atoms with Gasteiger partial charge in [-0.05, 0) is 24.5 Å². The zero-order valence-corrected chi connectivity index (χ0v) is 9.71. The molecule has 0 aliphatic carbocycles. The number of hydrogen-bond donors (Lipinski definition) is 0. The molecule has 0 unspecified atom stereocenters. The quantitative estimate of drug-likeness (QED) is 0.755. The van der Waals surface area contributed by atoms with Gasteiger partial charge >= 0.3 is 0 Å². The van der Waals surface area contributed by atoms with Crippen LogP contribution in [0.4, 0.5) is 5.82 Å². The molecule has 0 aromatic carbocycles. The number of nitrogens with zero attached hydrogens (tertiary/aromatic N) is 2.